The Morgan fingerprint density at radius 3 is 1.63 bits per heavy atom. The molecule has 1 aromatic carbocycles. The van der Waals surface area contributed by atoms with Crippen molar-refractivity contribution in [2.45, 2.75) is 58.9 Å². The summed E-state index contributed by atoms with van der Waals surface area (Å²) >= 11 is 0. The predicted octanol–water partition coefficient (Wildman–Crippen LogP) is 6.99. The lowest BCUT2D eigenvalue weighted by Crippen LogP contribution is -2.56. The minimum absolute atomic E-state index is 0.258. The summed E-state index contributed by atoms with van der Waals surface area (Å²) in [5.41, 5.74) is 1.34. The van der Waals surface area contributed by atoms with E-state index in [0.29, 0.717) is 0 Å². The van der Waals surface area contributed by atoms with Gasteiger partial charge in [-0.2, -0.15) is 0 Å². The molecule has 0 heterocycles. The number of rotatable bonds is 9. The average molecular weight is 457 g/mol. The molecule has 1 aromatic rings. The Hall–Kier alpha value is 0.231. The molecule has 154 valence electrons. The zero-order valence-electron chi connectivity index (χ0n) is 19.6. The first-order valence-electron chi connectivity index (χ1n) is 9.85. The minimum Gasteiger partial charge on any atom is -0.377 e. The Bertz CT molecular complexity index is 603. The third kappa shape index (κ3) is 7.53. The maximum atomic E-state index is 4.62. The SMILES string of the molecule is C=C(N(C)C)P(c1ccccc1)P(C[Si](C)(C)C)N([Si](C)(C)C)[Si](C)(C)C. The molecule has 2 atom stereocenters. The van der Waals surface area contributed by atoms with Crippen LogP contribution < -0.4 is 5.30 Å². The van der Waals surface area contributed by atoms with Crippen LogP contribution in [0.25, 0.3) is 0 Å². The van der Waals surface area contributed by atoms with Crippen LogP contribution in [0.2, 0.25) is 58.9 Å². The fraction of sp³-hybridized carbons (Fsp3) is 0.600. The second-order valence-corrected chi connectivity index (χ2v) is 33.3. The highest BCUT2D eigenvalue weighted by Crippen LogP contribution is 2.76. The van der Waals surface area contributed by atoms with Crippen molar-refractivity contribution >= 4 is 45.2 Å². The second kappa shape index (κ2) is 9.36. The molecule has 0 aliphatic heterocycles. The van der Waals surface area contributed by atoms with Crippen LogP contribution in [-0.2, 0) is 0 Å². The van der Waals surface area contributed by atoms with Gasteiger partial charge in [-0.25, -0.2) is 0 Å². The van der Waals surface area contributed by atoms with Gasteiger partial charge in [-0.3, -0.25) is 0 Å². The van der Waals surface area contributed by atoms with Gasteiger partial charge in [-0.05, 0) is 18.9 Å². The molecule has 0 fully saturated rings. The van der Waals surface area contributed by atoms with Gasteiger partial charge in [0.1, 0.15) is 16.5 Å². The van der Waals surface area contributed by atoms with Gasteiger partial charge in [-0.15, -0.1) is 0 Å². The van der Waals surface area contributed by atoms with Crippen LogP contribution in [0.5, 0.6) is 0 Å². The summed E-state index contributed by atoms with van der Waals surface area (Å²) in [5, 5.41) is 1.51. The van der Waals surface area contributed by atoms with Crippen LogP contribution in [0.3, 0.4) is 0 Å². The molecule has 0 amide bonds. The van der Waals surface area contributed by atoms with E-state index in [2.05, 4.69) is 119 Å². The van der Waals surface area contributed by atoms with Crippen LogP contribution in [0.1, 0.15) is 0 Å². The van der Waals surface area contributed by atoms with E-state index in [0.717, 1.165) is 0 Å². The fourth-order valence-corrected chi connectivity index (χ4v) is 39.4. The standard InChI is InChI=1S/C20H42N2P2Si3/c1-19(21(2)3)24(20-16-14-13-15-17-20)23(18-25(4,5)6)22(26(7,8)9)27(10,11)12/h13-17H,1,18H2,2-12H3. The number of benzene rings is 1. The molecule has 2 nitrogen and oxygen atoms in total. The molecule has 2 unspecified atom stereocenters. The molecule has 0 aromatic heterocycles. The molecule has 0 saturated heterocycles. The van der Waals surface area contributed by atoms with Crippen LogP contribution in [-0.4, -0.2) is 53.3 Å². The summed E-state index contributed by atoms with van der Waals surface area (Å²) in [6.07, 6.45) is 0. The number of nitrogens with zero attached hydrogens (tertiary/aromatic N) is 2. The van der Waals surface area contributed by atoms with E-state index in [-0.39, 0.29) is 7.76 Å². The summed E-state index contributed by atoms with van der Waals surface area (Å²) in [6, 6.07) is 11.3. The quantitative estimate of drug-likeness (QED) is 0.292. The molecule has 0 saturated carbocycles. The van der Waals surface area contributed by atoms with Gasteiger partial charge in [-0.1, -0.05) is 95.8 Å². The summed E-state index contributed by atoms with van der Waals surface area (Å²) in [4.78, 5) is 2.28. The van der Waals surface area contributed by atoms with Crippen LogP contribution in [0, 0.1) is 0 Å². The summed E-state index contributed by atoms with van der Waals surface area (Å²) in [6.45, 7) is 27.6. The first-order valence-corrected chi connectivity index (χ1v) is 24.0. The fourth-order valence-electron chi connectivity index (χ4n) is 3.53. The molecule has 0 bridgehead atoms. The number of hydrogen-bond acceptors (Lipinski definition) is 2. The first-order chi connectivity index (χ1) is 12.1. The van der Waals surface area contributed by atoms with Crippen molar-refractivity contribution in [1.82, 2.24) is 8.90 Å². The van der Waals surface area contributed by atoms with Gasteiger partial charge >= 0.3 is 0 Å². The maximum Gasteiger partial charge on any atom is 0.116 e. The largest absolute Gasteiger partial charge is 0.377 e. The van der Waals surface area contributed by atoms with E-state index in [1.165, 1.54) is 16.5 Å². The summed E-state index contributed by atoms with van der Waals surface area (Å²) in [5.74, 6) is 1.41. The van der Waals surface area contributed by atoms with Crippen molar-refractivity contribution in [3.63, 3.8) is 0 Å². The molecule has 1 rings (SSSR count). The van der Waals surface area contributed by atoms with Crippen molar-refractivity contribution in [3.8, 4) is 0 Å². The van der Waals surface area contributed by atoms with E-state index in [4.69, 9.17) is 0 Å². The van der Waals surface area contributed by atoms with Gasteiger partial charge in [0.15, 0.2) is 0 Å². The second-order valence-electron chi connectivity index (χ2n) is 10.7. The smallest absolute Gasteiger partial charge is 0.116 e. The van der Waals surface area contributed by atoms with E-state index in [1.807, 2.05) is 0 Å². The van der Waals surface area contributed by atoms with Gasteiger partial charge in [0, 0.05) is 27.1 Å². The van der Waals surface area contributed by atoms with E-state index >= 15 is 0 Å². The molecular formula is C20H42N2P2Si3. The Balaban J connectivity index is 3.67. The van der Waals surface area contributed by atoms with Crippen molar-refractivity contribution in [2.75, 3.05) is 19.9 Å². The highest BCUT2D eigenvalue weighted by Gasteiger charge is 2.45. The zero-order chi connectivity index (χ0) is 21.2. The molecule has 27 heavy (non-hydrogen) atoms. The Kier molecular flexibility index (Phi) is 8.76. The average Bonchev–Trinajstić information content (AvgIpc) is 2.43. The third-order valence-electron chi connectivity index (χ3n) is 4.11. The molecule has 0 radical (unpaired) electrons. The van der Waals surface area contributed by atoms with Crippen LogP contribution in [0.4, 0.5) is 0 Å². The van der Waals surface area contributed by atoms with Gasteiger partial charge < -0.3 is 8.90 Å². The molecule has 0 N–H and O–H groups in total. The van der Waals surface area contributed by atoms with Crippen LogP contribution >= 0.6 is 15.4 Å². The minimum atomic E-state index is -1.46. The molecule has 0 aliphatic carbocycles. The van der Waals surface area contributed by atoms with Crippen LogP contribution in [0.15, 0.2) is 42.3 Å². The molecular weight excluding hydrogens is 414 g/mol. The maximum absolute atomic E-state index is 4.62. The molecule has 7 heteroatoms. The monoisotopic (exact) mass is 456 g/mol. The lowest BCUT2D eigenvalue weighted by atomic mass is 10.4. The lowest BCUT2D eigenvalue weighted by Gasteiger charge is -2.53. The highest BCUT2D eigenvalue weighted by atomic mass is 32.1. The Morgan fingerprint density at radius 2 is 1.30 bits per heavy atom. The third-order valence-corrected chi connectivity index (χ3v) is 28.8. The number of hydrogen-bond donors (Lipinski definition) is 0. The van der Waals surface area contributed by atoms with Crippen molar-refractivity contribution in [1.29, 1.82) is 0 Å². The summed E-state index contributed by atoms with van der Waals surface area (Å²) < 4.78 is 3.13. The first kappa shape index (κ1) is 25.3. The summed E-state index contributed by atoms with van der Waals surface area (Å²) in [7, 11) is -0.476. The Labute approximate surface area is 175 Å². The van der Waals surface area contributed by atoms with Crippen molar-refractivity contribution < 1.29 is 0 Å². The normalized spacial score (nSPS) is 15.6. The van der Waals surface area contributed by atoms with Gasteiger partial charge in [0.05, 0.1) is 8.07 Å². The highest BCUT2D eigenvalue weighted by molar-refractivity contribution is 8.35. The topological polar surface area (TPSA) is 6.48 Å². The molecule has 0 spiro atoms. The van der Waals surface area contributed by atoms with E-state index in [1.54, 1.807) is 0 Å². The van der Waals surface area contributed by atoms with Gasteiger partial charge in [0.2, 0.25) is 0 Å². The van der Waals surface area contributed by atoms with Crippen molar-refractivity contribution in [3.05, 3.63) is 42.3 Å². The predicted molar refractivity (Wildman–Crippen MR) is 139 cm³/mol. The zero-order valence-corrected chi connectivity index (χ0v) is 24.4. The van der Waals surface area contributed by atoms with Gasteiger partial charge in [0.25, 0.3) is 0 Å². The van der Waals surface area contributed by atoms with E-state index in [9.17, 15) is 0 Å². The van der Waals surface area contributed by atoms with Crippen molar-refractivity contribution in [2.24, 2.45) is 0 Å². The lowest BCUT2D eigenvalue weighted by molar-refractivity contribution is 0.551. The van der Waals surface area contributed by atoms with E-state index < -0.39 is 32.2 Å². The molecule has 0 aliphatic rings. The Morgan fingerprint density at radius 1 is 0.852 bits per heavy atom.